The molecule has 0 aliphatic heterocycles. The van der Waals surface area contributed by atoms with Crippen LogP contribution in [-0.4, -0.2) is 24.6 Å². The third-order valence-electron chi connectivity index (χ3n) is 4.08. The Kier molecular flexibility index (Phi) is 5.08. The Morgan fingerprint density at radius 2 is 1.72 bits per heavy atom. The molecule has 4 rings (SSSR count). The number of hydrogen-bond donors (Lipinski definition) is 1. The summed E-state index contributed by atoms with van der Waals surface area (Å²) in [5.41, 5.74) is 3.59. The third-order valence-corrected chi connectivity index (χ3v) is 4.99. The van der Waals surface area contributed by atoms with Crippen LogP contribution in [0.3, 0.4) is 0 Å². The summed E-state index contributed by atoms with van der Waals surface area (Å²) in [6, 6.07) is 20.0. The number of aromatic nitrogens is 2. The van der Waals surface area contributed by atoms with Crippen LogP contribution in [0.2, 0.25) is 5.02 Å². The van der Waals surface area contributed by atoms with Crippen molar-refractivity contribution in [1.29, 1.82) is 0 Å². The second kappa shape index (κ2) is 7.69. The molecule has 1 N–H and O–H groups in total. The molecule has 29 heavy (non-hydrogen) atoms. The molecule has 0 radical (unpaired) electrons. The first-order valence-corrected chi connectivity index (χ1v) is 10.9. The SMILES string of the molecule is CS(=O)(=O)Nc1cccc(-c2ccc(Oc3cnc4c(Cl)cccc4n3)cc2)c1. The molecule has 0 saturated heterocycles. The first-order valence-electron chi connectivity index (χ1n) is 8.65. The first-order chi connectivity index (χ1) is 13.9. The number of nitrogens with one attached hydrogen (secondary N) is 1. The van der Waals surface area contributed by atoms with E-state index in [4.69, 9.17) is 16.3 Å². The van der Waals surface area contributed by atoms with Crippen LogP contribution in [0.25, 0.3) is 22.2 Å². The minimum absolute atomic E-state index is 0.367. The monoisotopic (exact) mass is 425 g/mol. The Balaban J connectivity index is 1.55. The van der Waals surface area contributed by atoms with Crippen LogP contribution in [0.5, 0.6) is 11.6 Å². The van der Waals surface area contributed by atoms with Gasteiger partial charge in [-0.25, -0.2) is 18.4 Å². The highest BCUT2D eigenvalue weighted by Gasteiger charge is 2.07. The van der Waals surface area contributed by atoms with E-state index < -0.39 is 10.0 Å². The van der Waals surface area contributed by atoms with Gasteiger partial charge in [0.15, 0.2) is 0 Å². The van der Waals surface area contributed by atoms with Gasteiger partial charge in [0.25, 0.3) is 0 Å². The maximum absolute atomic E-state index is 11.4. The van der Waals surface area contributed by atoms with Gasteiger partial charge in [0.2, 0.25) is 15.9 Å². The normalized spacial score (nSPS) is 11.4. The average Bonchev–Trinajstić information content (AvgIpc) is 2.68. The Hall–Kier alpha value is -3.16. The molecule has 1 aromatic heterocycles. The maximum Gasteiger partial charge on any atom is 0.238 e. The van der Waals surface area contributed by atoms with E-state index in [1.54, 1.807) is 24.3 Å². The topological polar surface area (TPSA) is 81.2 Å². The molecule has 0 spiro atoms. The van der Waals surface area contributed by atoms with Crippen LogP contribution in [-0.2, 0) is 10.0 Å². The number of nitrogens with zero attached hydrogens (tertiary/aromatic N) is 2. The molecular weight excluding hydrogens is 410 g/mol. The molecule has 0 bridgehead atoms. The second-order valence-electron chi connectivity index (χ2n) is 6.40. The fourth-order valence-electron chi connectivity index (χ4n) is 2.85. The van der Waals surface area contributed by atoms with Crippen LogP contribution in [0.4, 0.5) is 5.69 Å². The van der Waals surface area contributed by atoms with Crippen molar-refractivity contribution >= 4 is 38.3 Å². The summed E-state index contributed by atoms with van der Waals surface area (Å²) >= 11 is 6.11. The van der Waals surface area contributed by atoms with Gasteiger partial charge in [-0.3, -0.25) is 4.72 Å². The van der Waals surface area contributed by atoms with Crippen molar-refractivity contribution in [2.45, 2.75) is 0 Å². The first kappa shape index (κ1) is 19.2. The smallest absolute Gasteiger partial charge is 0.238 e. The molecule has 0 saturated carbocycles. The zero-order valence-electron chi connectivity index (χ0n) is 15.3. The van der Waals surface area contributed by atoms with E-state index in [2.05, 4.69) is 14.7 Å². The van der Waals surface area contributed by atoms with Crippen molar-refractivity contribution in [2.75, 3.05) is 11.0 Å². The van der Waals surface area contributed by atoms with Gasteiger partial charge < -0.3 is 4.74 Å². The number of hydrogen-bond acceptors (Lipinski definition) is 5. The maximum atomic E-state index is 11.4. The molecule has 4 aromatic rings. The lowest BCUT2D eigenvalue weighted by molar-refractivity contribution is 0.463. The molecule has 0 aliphatic rings. The molecule has 0 fully saturated rings. The largest absolute Gasteiger partial charge is 0.437 e. The van der Waals surface area contributed by atoms with Crippen molar-refractivity contribution in [3.8, 4) is 22.8 Å². The van der Waals surface area contributed by atoms with Crippen molar-refractivity contribution in [3.63, 3.8) is 0 Å². The lowest BCUT2D eigenvalue weighted by Crippen LogP contribution is -2.09. The van der Waals surface area contributed by atoms with Crippen molar-refractivity contribution < 1.29 is 13.2 Å². The summed E-state index contributed by atoms with van der Waals surface area (Å²) in [4.78, 5) is 8.73. The van der Waals surface area contributed by atoms with Gasteiger partial charge in [-0.15, -0.1) is 0 Å². The number of ether oxygens (including phenoxy) is 1. The Morgan fingerprint density at radius 1 is 0.966 bits per heavy atom. The predicted molar refractivity (Wildman–Crippen MR) is 115 cm³/mol. The number of para-hydroxylation sites is 1. The molecule has 0 amide bonds. The fourth-order valence-corrected chi connectivity index (χ4v) is 3.62. The lowest BCUT2D eigenvalue weighted by atomic mass is 10.1. The number of sulfonamides is 1. The van der Waals surface area contributed by atoms with E-state index >= 15 is 0 Å². The van der Waals surface area contributed by atoms with E-state index in [0.717, 1.165) is 17.4 Å². The zero-order chi connectivity index (χ0) is 20.4. The van der Waals surface area contributed by atoms with Crippen LogP contribution in [0.15, 0.2) is 72.9 Å². The summed E-state index contributed by atoms with van der Waals surface area (Å²) in [7, 11) is -3.33. The number of fused-ring (bicyclic) bond motifs is 1. The second-order valence-corrected chi connectivity index (χ2v) is 8.55. The molecule has 3 aromatic carbocycles. The van der Waals surface area contributed by atoms with Gasteiger partial charge >= 0.3 is 0 Å². The molecule has 146 valence electrons. The minimum atomic E-state index is -3.33. The summed E-state index contributed by atoms with van der Waals surface area (Å²) < 4.78 is 31.1. The summed E-state index contributed by atoms with van der Waals surface area (Å²) in [5, 5.41) is 0.540. The van der Waals surface area contributed by atoms with Crippen molar-refractivity contribution in [1.82, 2.24) is 9.97 Å². The average molecular weight is 426 g/mol. The van der Waals surface area contributed by atoms with Crippen LogP contribution in [0.1, 0.15) is 0 Å². The van der Waals surface area contributed by atoms with E-state index in [1.807, 2.05) is 42.5 Å². The molecular formula is C21H16ClN3O3S. The van der Waals surface area contributed by atoms with E-state index in [0.29, 0.717) is 33.4 Å². The van der Waals surface area contributed by atoms with Gasteiger partial charge in [-0.05, 0) is 47.5 Å². The van der Waals surface area contributed by atoms with Crippen molar-refractivity contribution in [2.24, 2.45) is 0 Å². The number of benzene rings is 3. The highest BCUT2D eigenvalue weighted by molar-refractivity contribution is 7.92. The van der Waals surface area contributed by atoms with Crippen molar-refractivity contribution in [3.05, 3.63) is 77.9 Å². The molecule has 1 heterocycles. The van der Waals surface area contributed by atoms with Gasteiger partial charge in [0.1, 0.15) is 11.3 Å². The predicted octanol–water partition coefficient (Wildman–Crippen LogP) is 5.11. The van der Waals surface area contributed by atoms with Crippen LogP contribution >= 0.6 is 11.6 Å². The Morgan fingerprint density at radius 3 is 2.48 bits per heavy atom. The van der Waals surface area contributed by atoms with E-state index in [-0.39, 0.29) is 0 Å². The van der Waals surface area contributed by atoms with E-state index in [1.165, 1.54) is 6.20 Å². The van der Waals surface area contributed by atoms with Gasteiger partial charge in [-0.2, -0.15) is 0 Å². The van der Waals surface area contributed by atoms with Gasteiger partial charge in [0.05, 0.1) is 23.0 Å². The molecule has 0 aliphatic carbocycles. The number of rotatable bonds is 5. The summed E-state index contributed by atoms with van der Waals surface area (Å²) in [6.45, 7) is 0. The third kappa shape index (κ3) is 4.64. The van der Waals surface area contributed by atoms with Gasteiger partial charge in [-0.1, -0.05) is 41.9 Å². The molecule has 0 atom stereocenters. The fraction of sp³-hybridized carbons (Fsp3) is 0.0476. The van der Waals surface area contributed by atoms with Crippen LogP contribution < -0.4 is 9.46 Å². The standard InChI is InChI=1S/C21H16ClN3O3S/c1-29(26,27)25-16-5-2-4-15(12-16)14-8-10-17(11-9-14)28-20-13-23-21-18(22)6-3-7-19(21)24-20/h2-13,25H,1H3. The highest BCUT2D eigenvalue weighted by atomic mass is 35.5. The summed E-state index contributed by atoms with van der Waals surface area (Å²) in [5.74, 6) is 0.974. The molecule has 8 heteroatoms. The number of halogens is 1. The Labute approximate surface area is 173 Å². The van der Waals surface area contributed by atoms with E-state index in [9.17, 15) is 8.42 Å². The minimum Gasteiger partial charge on any atom is -0.437 e. The Bertz CT molecular complexity index is 1290. The summed E-state index contributed by atoms with van der Waals surface area (Å²) in [6.07, 6.45) is 2.65. The molecule has 0 unspecified atom stereocenters. The molecule has 6 nitrogen and oxygen atoms in total. The highest BCUT2D eigenvalue weighted by Crippen LogP contribution is 2.28. The number of anilines is 1. The lowest BCUT2D eigenvalue weighted by Gasteiger charge is -2.09. The zero-order valence-corrected chi connectivity index (χ0v) is 16.9. The quantitative estimate of drug-likeness (QED) is 0.480. The van der Waals surface area contributed by atoms with Gasteiger partial charge in [0, 0.05) is 5.69 Å². The van der Waals surface area contributed by atoms with Crippen LogP contribution in [0, 0.1) is 0 Å².